The highest BCUT2D eigenvalue weighted by molar-refractivity contribution is 5.96. The summed E-state index contributed by atoms with van der Waals surface area (Å²) in [5.74, 6) is -2.06. The van der Waals surface area contributed by atoms with Gasteiger partial charge in [0.2, 0.25) is 0 Å². The number of furan rings is 1. The minimum absolute atomic E-state index is 0.134. The van der Waals surface area contributed by atoms with Gasteiger partial charge in [-0.25, -0.2) is 19.2 Å². The van der Waals surface area contributed by atoms with Crippen molar-refractivity contribution in [2.45, 2.75) is 0 Å². The van der Waals surface area contributed by atoms with E-state index < -0.39 is 28.3 Å². The van der Waals surface area contributed by atoms with Crippen molar-refractivity contribution in [3.63, 3.8) is 0 Å². The molecule has 0 aliphatic carbocycles. The van der Waals surface area contributed by atoms with Crippen LogP contribution in [0.3, 0.4) is 0 Å². The third-order valence-electron chi connectivity index (χ3n) is 5.81. The first kappa shape index (κ1) is 24.6. The maximum absolute atomic E-state index is 15.2. The number of morpholine rings is 1. The van der Waals surface area contributed by atoms with Crippen molar-refractivity contribution in [2.75, 3.05) is 36.5 Å². The third kappa shape index (κ3) is 5.08. The number of nitro groups is 1. The number of carboxylic acids is 1. The SMILES string of the molecule is O=C(O)c1cc(Nc2nc(/C=C/c3ccc([N+](=O)[O-])o3)nc3cc(F)c(N4CCOCC4)cc23)ccc1O. The molecule has 194 valence electrons. The fourth-order valence-corrected chi connectivity index (χ4v) is 3.98. The second-order valence-corrected chi connectivity index (χ2v) is 8.28. The van der Waals surface area contributed by atoms with E-state index in [4.69, 9.17) is 9.15 Å². The summed E-state index contributed by atoms with van der Waals surface area (Å²) in [6.07, 6.45) is 2.87. The summed E-state index contributed by atoms with van der Waals surface area (Å²) in [5.41, 5.74) is 0.608. The number of fused-ring (bicyclic) bond motifs is 1. The van der Waals surface area contributed by atoms with Gasteiger partial charge in [-0.2, -0.15) is 0 Å². The van der Waals surface area contributed by atoms with E-state index in [1.165, 1.54) is 48.6 Å². The minimum Gasteiger partial charge on any atom is -0.507 e. The van der Waals surface area contributed by atoms with E-state index in [0.29, 0.717) is 43.1 Å². The summed E-state index contributed by atoms with van der Waals surface area (Å²) in [5, 5.41) is 33.6. The van der Waals surface area contributed by atoms with Crippen LogP contribution in [0.2, 0.25) is 0 Å². The number of phenols is 1. The second-order valence-electron chi connectivity index (χ2n) is 8.28. The molecule has 4 aromatic rings. The highest BCUT2D eigenvalue weighted by atomic mass is 19.1. The van der Waals surface area contributed by atoms with Crippen molar-refractivity contribution >= 4 is 52.1 Å². The molecule has 5 rings (SSSR count). The van der Waals surface area contributed by atoms with Crippen molar-refractivity contribution in [2.24, 2.45) is 0 Å². The van der Waals surface area contributed by atoms with Crippen LogP contribution in [0.15, 0.2) is 46.9 Å². The van der Waals surface area contributed by atoms with Crippen molar-refractivity contribution in [1.29, 1.82) is 0 Å². The number of carboxylic acid groups (broad SMARTS) is 1. The second kappa shape index (κ2) is 10.1. The summed E-state index contributed by atoms with van der Waals surface area (Å²) >= 11 is 0. The van der Waals surface area contributed by atoms with Crippen LogP contribution in [-0.2, 0) is 4.74 Å². The van der Waals surface area contributed by atoms with Crippen LogP contribution < -0.4 is 10.2 Å². The normalized spacial score (nSPS) is 13.8. The monoisotopic (exact) mass is 521 g/mol. The number of anilines is 3. The predicted octanol–water partition coefficient (Wildman–Crippen LogP) is 4.42. The van der Waals surface area contributed by atoms with E-state index >= 15 is 4.39 Å². The first-order valence-electron chi connectivity index (χ1n) is 11.4. The predicted molar refractivity (Wildman–Crippen MR) is 135 cm³/mol. The third-order valence-corrected chi connectivity index (χ3v) is 5.81. The van der Waals surface area contributed by atoms with E-state index in [2.05, 4.69) is 15.3 Å². The molecular weight excluding hydrogens is 501 g/mol. The summed E-state index contributed by atoms with van der Waals surface area (Å²) < 4.78 is 25.6. The molecule has 1 aliphatic heterocycles. The average molecular weight is 521 g/mol. The van der Waals surface area contributed by atoms with Gasteiger partial charge < -0.3 is 29.6 Å². The molecule has 1 saturated heterocycles. The number of ether oxygens (including phenoxy) is 1. The van der Waals surface area contributed by atoms with Crippen LogP contribution in [-0.4, -0.2) is 57.4 Å². The molecule has 1 fully saturated rings. The van der Waals surface area contributed by atoms with Crippen LogP contribution in [0.5, 0.6) is 5.75 Å². The van der Waals surface area contributed by atoms with Gasteiger partial charge >= 0.3 is 11.9 Å². The zero-order valence-corrected chi connectivity index (χ0v) is 19.6. The van der Waals surface area contributed by atoms with E-state index in [9.17, 15) is 25.1 Å². The van der Waals surface area contributed by atoms with Gasteiger partial charge in [-0.15, -0.1) is 0 Å². The summed E-state index contributed by atoms with van der Waals surface area (Å²) in [6, 6.07) is 9.46. The van der Waals surface area contributed by atoms with E-state index in [1.807, 2.05) is 4.90 Å². The molecular formula is C25H20FN5O7. The molecule has 0 radical (unpaired) electrons. The van der Waals surface area contributed by atoms with E-state index in [0.717, 1.165) is 0 Å². The number of benzene rings is 2. The number of aromatic nitrogens is 2. The lowest BCUT2D eigenvalue weighted by atomic mass is 10.1. The van der Waals surface area contributed by atoms with Gasteiger partial charge in [0.25, 0.3) is 0 Å². The lowest BCUT2D eigenvalue weighted by Gasteiger charge is -2.29. The summed E-state index contributed by atoms with van der Waals surface area (Å²) in [4.78, 5) is 32.5. The number of aromatic carboxylic acids is 1. The molecule has 0 bridgehead atoms. The van der Waals surface area contributed by atoms with Gasteiger partial charge in [0.15, 0.2) is 5.82 Å². The molecule has 1 aliphatic rings. The Bertz CT molecular complexity index is 1580. The Balaban J connectivity index is 1.59. The number of halogens is 1. The van der Waals surface area contributed by atoms with Crippen molar-refractivity contribution in [1.82, 2.24) is 9.97 Å². The van der Waals surface area contributed by atoms with Gasteiger partial charge in [-0.3, -0.25) is 10.1 Å². The molecule has 13 heteroatoms. The highest BCUT2D eigenvalue weighted by Gasteiger charge is 2.19. The fraction of sp³-hybridized carbons (Fsp3) is 0.160. The van der Waals surface area contributed by atoms with Gasteiger partial charge in [0.05, 0.1) is 30.5 Å². The maximum Gasteiger partial charge on any atom is 0.433 e. The highest BCUT2D eigenvalue weighted by Crippen LogP contribution is 2.32. The molecule has 3 heterocycles. The average Bonchev–Trinajstić information content (AvgIpc) is 3.38. The van der Waals surface area contributed by atoms with Gasteiger partial charge in [0.1, 0.15) is 33.6 Å². The summed E-state index contributed by atoms with van der Waals surface area (Å²) in [7, 11) is 0. The Hall–Kier alpha value is -5.04. The molecule has 0 amide bonds. The minimum atomic E-state index is -1.31. The smallest absolute Gasteiger partial charge is 0.433 e. The fourth-order valence-electron chi connectivity index (χ4n) is 3.98. The van der Waals surface area contributed by atoms with Crippen LogP contribution in [0.25, 0.3) is 23.1 Å². The van der Waals surface area contributed by atoms with Gasteiger partial charge in [-0.1, -0.05) is 0 Å². The quantitative estimate of drug-likeness (QED) is 0.179. The number of aromatic hydroxyl groups is 1. The maximum atomic E-state index is 15.2. The molecule has 0 atom stereocenters. The molecule has 2 aromatic heterocycles. The number of carbonyl (C=O) groups is 1. The van der Waals surface area contributed by atoms with Crippen LogP contribution in [0.1, 0.15) is 21.9 Å². The Morgan fingerprint density at radius 3 is 2.63 bits per heavy atom. The number of nitrogens with zero attached hydrogens (tertiary/aromatic N) is 4. The van der Waals surface area contributed by atoms with Crippen LogP contribution in [0, 0.1) is 15.9 Å². The van der Waals surface area contributed by atoms with Crippen molar-refractivity contribution < 1.29 is 33.5 Å². The molecule has 2 aromatic carbocycles. The first-order valence-corrected chi connectivity index (χ1v) is 11.4. The standard InChI is InChI=1S/C25H20FN5O7/c26-18-13-19-16(12-20(18)30-7-9-37-10-8-30)24(27-14-1-4-21(32)17(11-14)25(33)34)29-22(28-19)5-2-15-3-6-23(38-15)31(35)36/h1-6,11-13,32H,7-10H2,(H,33,34)(H,27,28,29)/b5-2+. The van der Waals surface area contributed by atoms with E-state index in [-0.39, 0.29) is 28.5 Å². The molecule has 3 N–H and O–H groups in total. The number of hydrogen-bond donors (Lipinski definition) is 3. The Morgan fingerprint density at radius 2 is 1.92 bits per heavy atom. The zero-order chi connectivity index (χ0) is 26.8. The molecule has 0 spiro atoms. The number of rotatable bonds is 7. The van der Waals surface area contributed by atoms with Crippen LogP contribution >= 0.6 is 0 Å². The van der Waals surface area contributed by atoms with E-state index in [1.54, 1.807) is 6.07 Å². The number of nitrogens with one attached hydrogen (secondary N) is 1. The molecule has 0 saturated carbocycles. The van der Waals surface area contributed by atoms with Gasteiger partial charge in [-0.05, 0) is 42.5 Å². The largest absolute Gasteiger partial charge is 0.507 e. The van der Waals surface area contributed by atoms with Crippen LogP contribution in [0.4, 0.5) is 27.5 Å². The Morgan fingerprint density at radius 1 is 1.13 bits per heavy atom. The van der Waals surface area contributed by atoms with Crippen molar-refractivity contribution in [3.05, 3.63) is 75.5 Å². The number of hydrogen-bond acceptors (Lipinski definition) is 10. The van der Waals surface area contributed by atoms with Gasteiger partial charge in [0, 0.05) is 30.2 Å². The lowest BCUT2D eigenvalue weighted by molar-refractivity contribution is -0.402. The zero-order valence-electron chi connectivity index (χ0n) is 19.6. The topological polar surface area (TPSA) is 164 Å². The summed E-state index contributed by atoms with van der Waals surface area (Å²) in [6.45, 7) is 1.92. The Kier molecular flexibility index (Phi) is 6.58. The lowest BCUT2D eigenvalue weighted by Crippen LogP contribution is -2.36. The molecule has 12 nitrogen and oxygen atoms in total. The molecule has 38 heavy (non-hydrogen) atoms. The van der Waals surface area contributed by atoms with Crippen molar-refractivity contribution in [3.8, 4) is 5.75 Å². The molecule has 0 unspecified atom stereocenters. The Labute approximate surface area is 213 Å². The first-order chi connectivity index (χ1) is 18.3.